The molecule has 8 nitrogen and oxygen atoms in total. The Labute approximate surface area is 209 Å². The molecule has 8 heteroatoms. The molecule has 0 radical (unpaired) electrons. The van der Waals surface area contributed by atoms with Crippen LogP contribution in [-0.2, 0) is 22.6 Å². The van der Waals surface area contributed by atoms with Gasteiger partial charge in [-0.25, -0.2) is 0 Å². The summed E-state index contributed by atoms with van der Waals surface area (Å²) in [4.78, 5) is 35.9. The Morgan fingerprint density at radius 3 is 2.50 bits per heavy atom. The molecule has 2 saturated heterocycles. The van der Waals surface area contributed by atoms with Gasteiger partial charge in [0.2, 0.25) is 5.91 Å². The summed E-state index contributed by atoms with van der Waals surface area (Å²) in [5.41, 5.74) is 3.36. The zero-order valence-electron chi connectivity index (χ0n) is 20.1. The molecule has 36 heavy (non-hydrogen) atoms. The summed E-state index contributed by atoms with van der Waals surface area (Å²) in [6.07, 6.45) is 3.37. The number of aliphatic hydroxyl groups excluding tert-OH is 1. The average Bonchev–Trinajstić information content (AvgIpc) is 3.13. The summed E-state index contributed by atoms with van der Waals surface area (Å²) in [7, 11) is 0. The lowest BCUT2D eigenvalue weighted by molar-refractivity contribution is -0.142. The first-order valence-corrected chi connectivity index (χ1v) is 12.6. The predicted octanol–water partition coefficient (Wildman–Crippen LogP) is 1.93. The van der Waals surface area contributed by atoms with Crippen LogP contribution in [0.25, 0.3) is 11.1 Å². The molecule has 6 rings (SSSR count). The molecule has 186 valence electrons. The van der Waals surface area contributed by atoms with Gasteiger partial charge < -0.3 is 19.3 Å². The van der Waals surface area contributed by atoms with Gasteiger partial charge in [-0.15, -0.1) is 0 Å². The molecule has 5 heterocycles. The first-order valence-electron chi connectivity index (χ1n) is 12.6. The molecule has 1 aromatic carbocycles. The molecule has 2 fully saturated rings. The lowest BCUT2D eigenvalue weighted by Crippen LogP contribution is -2.47. The van der Waals surface area contributed by atoms with E-state index in [1.54, 1.807) is 12.4 Å². The first kappa shape index (κ1) is 23.1. The van der Waals surface area contributed by atoms with Crippen molar-refractivity contribution < 1.29 is 14.6 Å². The minimum atomic E-state index is -0.429. The highest BCUT2D eigenvalue weighted by Crippen LogP contribution is 2.49. The van der Waals surface area contributed by atoms with Gasteiger partial charge in [0.05, 0.1) is 25.2 Å². The molecule has 3 aromatic rings. The summed E-state index contributed by atoms with van der Waals surface area (Å²) in [6.45, 7) is 3.14. The maximum Gasteiger partial charge on any atom is 0.258 e. The second-order valence-electron chi connectivity index (χ2n) is 9.80. The van der Waals surface area contributed by atoms with Crippen LogP contribution < -0.4 is 5.56 Å². The predicted molar refractivity (Wildman–Crippen MR) is 134 cm³/mol. The first-order chi connectivity index (χ1) is 17.7. The van der Waals surface area contributed by atoms with Crippen molar-refractivity contribution >= 4 is 5.91 Å². The van der Waals surface area contributed by atoms with E-state index in [-0.39, 0.29) is 36.1 Å². The number of carbonyl (C=O) groups is 1. The number of fused-ring (bicyclic) bond motifs is 4. The van der Waals surface area contributed by atoms with Crippen molar-refractivity contribution in [2.24, 2.45) is 11.8 Å². The highest BCUT2D eigenvalue weighted by Gasteiger charge is 2.56. The van der Waals surface area contributed by atoms with Gasteiger partial charge in [-0.05, 0) is 35.4 Å². The third-order valence-corrected chi connectivity index (χ3v) is 7.98. The van der Waals surface area contributed by atoms with E-state index in [2.05, 4.69) is 22.0 Å². The molecule has 3 aliphatic rings. The highest BCUT2D eigenvalue weighted by atomic mass is 16.5. The fourth-order valence-electron chi connectivity index (χ4n) is 6.26. The fourth-order valence-corrected chi connectivity index (χ4v) is 6.26. The van der Waals surface area contributed by atoms with Gasteiger partial charge in [0.1, 0.15) is 0 Å². The number of hydrogen-bond acceptors (Lipinski definition) is 6. The number of carbonyl (C=O) groups excluding carboxylic acids is 1. The molecule has 2 bridgehead atoms. The van der Waals surface area contributed by atoms with Gasteiger partial charge in [0.15, 0.2) is 0 Å². The smallest absolute Gasteiger partial charge is 0.258 e. The molecule has 0 aliphatic carbocycles. The van der Waals surface area contributed by atoms with E-state index in [4.69, 9.17) is 4.74 Å². The third kappa shape index (κ3) is 3.86. The Morgan fingerprint density at radius 1 is 1.03 bits per heavy atom. The largest absolute Gasteiger partial charge is 0.396 e. The second kappa shape index (κ2) is 9.61. The van der Waals surface area contributed by atoms with E-state index in [1.807, 2.05) is 51.9 Å². The number of benzene rings is 1. The quantitative estimate of drug-likeness (QED) is 0.593. The van der Waals surface area contributed by atoms with E-state index >= 15 is 0 Å². The number of aliphatic hydroxyl groups is 1. The van der Waals surface area contributed by atoms with Gasteiger partial charge >= 0.3 is 0 Å². The Bertz CT molecular complexity index is 1290. The number of aromatic nitrogens is 2. The molecule has 0 spiro atoms. The average molecular weight is 487 g/mol. The maximum absolute atomic E-state index is 13.9. The molecule has 4 atom stereocenters. The Kier molecular flexibility index (Phi) is 6.17. The number of ether oxygens (including phenoxy) is 1. The van der Waals surface area contributed by atoms with Crippen LogP contribution in [0.1, 0.15) is 17.3 Å². The second-order valence-corrected chi connectivity index (χ2v) is 9.80. The van der Waals surface area contributed by atoms with Gasteiger partial charge in [0.25, 0.3) is 5.56 Å². The van der Waals surface area contributed by atoms with Crippen molar-refractivity contribution in [3.8, 4) is 11.1 Å². The van der Waals surface area contributed by atoms with E-state index in [9.17, 15) is 14.7 Å². The van der Waals surface area contributed by atoms with Crippen LogP contribution in [0.4, 0.5) is 0 Å². The number of rotatable bonds is 5. The van der Waals surface area contributed by atoms with Crippen molar-refractivity contribution in [2.75, 3.05) is 32.9 Å². The van der Waals surface area contributed by atoms with E-state index in [1.165, 1.54) is 0 Å². The SMILES string of the molecule is O=C([C@H]1[C@H](CO)[C@H]2Cn3c(ccc(-c4ccncc4)c3=O)[C@@H]1N2Cc1ccccc1)N1CCOCC1. The topological polar surface area (TPSA) is 87.9 Å². The summed E-state index contributed by atoms with van der Waals surface area (Å²) in [5, 5.41) is 10.6. The Morgan fingerprint density at radius 2 is 1.78 bits per heavy atom. The molecule has 2 aromatic heterocycles. The number of nitrogens with zero attached hydrogens (tertiary/aromatic N) is 4. The summed E-state index contributed by atoms with van der Waals surface area (Å²) < 4.78 is 7.31. The van der Waals surface area contributed by atoms with Gasteiger partial charge in [-0.2, -0.15) is 0 Å². The van der Waals surface area contributed by atoms with Crippen molar-refractivity contribution in [1.82, 2.24) is 19.4 Å². The van der Waals surface area contributed by atoms with Crippen LogP contribution in [0.3, 0.4) is 0 Å². The van der Waals surface area contributed by atoms with E-state index < -0.39 is 5.92 Å². The summed E-state index contributed by atoms with van der Waals surface area (Å²) >= 11 is 0. The Balaban J connectivity index is 1.45. The van der Waals surface area contributed by atoms with Gasteiger partial charge in [-0.3, -0.25) is 19.5 Å². The van der Waals surface area contributed by atoms with Crippen LogP contribution in [0.5, 0.6) is 0 Å². The van der Waals surface area contributed by atoms with Crippen molar-refractivity contribution in [2.45, 2.75) is 25.2 Å². The van der Waals surface area contributed by atoms with E-state index in [0.29, 0.717) is 45.0 Å². The van der Waals surface area contributed by atoms with Gasteiger partial charge in [0, 0.05) is 68.4 Å². The molecular formula is C28H30N4O4. The standard InChI is InChI=1S/C28H30N4O4/c33-18-22-24-17-32-23(7-6-21(27(32)34)20-8-10-29-11-9-20)26(31(24)16-19-4-2-1-3-5-19)25(22)28(35)30-12-14-36-15-13-30/h1-11,22,24-26,33H,12-18H2/t22-,24-,25+,26+/m1/s1. The lowest BCUT2D eigenvalue weighted by atomic mass is 9.86. The minimum Gasteiger partial charge on any atom is -0.396 e. The monoisotopic (exact) mass is 486 g/mol. The number of morpholine rings is 1. The number of amides is 1. The fraction of sp³-hybridized carbons (Fsp3) is 0.393. The minimum absolute atomic E-state index is 0.0435. The Hall–Kier alpha value is -3.33. The van der Waals surface area contributed by atoms with Crippen molar-refractivity contribution in [3.05, 3.63) is 88.6 Å². The lowest BCUT2D eigenvalue weighted by Gasteiger charge is -2.39. The molecule has 1 amide bonds. The van der Waals surface area contributed by atoms with Crippen LogP contribution in [0.15, 0.2) is 71.8 Å². The highest BCUT2D eigenvalue weighted by molar-refractivity contribution is 5.81. The van der Waals surface area contributed by atoms with Crippen LogP contribution in [0.2, 0.25) is 0 Å². The van der Waals surface area contributed by atoms with Crippen LogP contribution >= 0.6 is 0 Å². The zero-order valence-corrected chi connectivity index (χ0v) is 20.1. The summed E-state index contributed by atoms with van der Waals surface area (Å²) in [5.74, 6) is -0.651. The molecule has 0 unspecified atom stereocenters. The molecule has 1 N–H and O–H groups in total. The number of hydrogen-bond donors (Lipinski definition) is 1. The maximum atomic E-state index is 13.9. The van der Waals surface area contributed by atoms with Crippen LogP contribution in [-0.4, -0.2) is 69.3 Å². The van der Waals surface area contributed by atoms with E-state index in [0.717, 1.165) is 16.8 Å². The normalized spacial score (nSPS) is 25.5. The summed E-state index contributed by atoms with van der Waals surface area (Å²) in [6, 6.07) is 17.3. The van der Waals surface area contributed by atoms with Gasteiger partial charge in [-0.1, -0.05) is 30.3 Å². The van der Waals surface area contributed by atoms with Crippen LogP contribution in [0, 0.1) is 11.8 Å². The molecule has 0 saturated carbocycles. The van der Waals surface area contributed by atoms with Crippen molar-refractivity contribution in [3.63, 3.8) is 0 Å². The third-order valence-electron chi connectivity index (χ3n) is 7.98. The molecule has 3 aliphatic heterocycles. The number of pyridine rings is 2. The zero-order chi connectivity index (χ0) is 24.6. The molecular weight excluding hydrogens is 456 g/mol. The van der Waals surface area contributed by atoms with Crippen molar-refractivity contribution in [1.29, 1.82) is 0 Å².